The molecule has 0 aliphatic heterocycles. The Kier molecular flexibility index (Phi) is 4.31. The number of halogens is 2. The van der Waals surface area contributed by atoms with Gasteiger partial charge in [-0.1, -0.05) is 0 Å². The van der Waals surface area contributed by atoms with E-state index < -0.39 is 23.2 Å². The molecule has 1 fully saturated rings. The van der Waals surface area contributed by atoms with E-state index in [1.54, 1.807) is 0 Å². The summed E-state index contributed by atoms with van der Waals surface area (Å²) < 4.78 is 27.1. The maximum absolute atomic E-state index is 13.5. The van der Waals surface area contributed by atoms with E-state index in [0.717, 1.165) is 25.1 Å². The van der Waals surface area contributed by atoms with Crippen molar-refractivity contribution in [2.24, 2.45) is 0 Å². The van der Waals surface area contributed by atoms with Gasteiger partial charge in [0, 0.05) is 12.6 Å². The molecule has 3 N–H and O–H groups in total. The SMILES string of the molecule is O=C(O)c1cc(F)c(NCCCNC2CC2)c(F)c1. The summed E-state index contributed by atoms with van der Waals surface area (Å²) in [5.41, 5.74) is -0.660. The van der Waals surface area contributed by atoms with Crippen molar-refractivity contribution < 1.29 is 18.7 Å². The Morgan fingerprint density at radius 1 is 1.26 bits per heavy atom. The van der Waals surface area contributed by atoms with E-state index in [-0.39, 0.29) is 5.69 Å². The number of carboxylic acid groups (broad SMARTS) is 1. The molecule has 1 aliphatic rings. The molecule has 19 heavy (non-hydrogen) atoms. The summed E-state index contributed by atoms with van der Waals surface area (Å²) in [5, 5.41) is 14.6. The number of hydrogen-bond donors (Lipinski definition) is 3. The number of carbonyl (C=O) groups is 1. The average molecular weight is 270 g/mol. The summed E-state index contributed by atoms with van der Waals surface area (Å²) in [5.74, 6) is -3.11. The molecule has 104 valence electrons. The average Bonchev–Trinajstić information content (AvgIpc) is 3.15. The first-order chi connectivity index (χ1) is 9.08. The van der Waals surface area contributed by atoms with Crippen LogP contribution in [0.15, 0.2) is 12.1 Å². The fourth-order valence-electron chi connectivity index (χ4n) is 1.76. The van der Waals surface area contributed by atoms with E-state index in [1.807, 2.05) is 0 Å². The number of carboxylic acids is 1. The van der Waals surface area contributed by atoms with Crippen molar-refractivity contribution in [2.45, 2.75) is 25.3 Å². The molecule has 0 amide bonds. The van der Waals surface area contributed by atoms with E-state index >= 15 is 0 Å². The van der Waals surface area contributed by atoms with Crippen molar-refractivity contribution in [2.75, 3.05) is 18.4 Å². The molecule has 6 heteroatoms. The third-order valence-corrected chi connectivity index (χ3v) is 2.95. The van der Waals surface area contributed by atoms with Crippen LogP contribution in [0.1, 0.15) is 29.6 Å². The van der Waals surface area contributed by atoms with Gasteiger partial charge in [-0.3, -0.25) is 0 Å². The maximum Gasteiger partial charge on any atom is 0.335 e. The van der Waals surface area contributed by atoms with Crippen LogP contribution in [0, 0.1) is 11.6 Å². The lowest BCUT2D eigenvalue weighted by atomic mass is 10.2. The van der Waals surface area contributed by atoms with E-state index in [1.165, 1.54) is 12.8 Å². The van der Waals surface area contributed by atoms with E-state index in [4.69, 9.17) is 5.11 Å². The molecule has 1 aromatic rings. The minimum atomic E-state index is -1.35. The molecule has 0 unspecified atom stereocenters. The van der Waals surface area contributed by atoms with Crippen LogP contribution in [0.25, 0.3) is 0 Å². The molecule has 0 aromatic heterocycles. The Morgan fingerprint density at radius 3 is 2.42 bits per heavy atom. The lowest BCUT2D eigenvalue weighted by Crippen LogP contribution is -2.20. The second-order valence-electron chi connectivity index (χ2n) is 4.63. The second kappa shape index (κ2) is 5.97. The van der Waals surface area contributed by atoms with E-state index in [0.29, 0.717) is 12.6 Å². The van der Waals surface area contributed by atoms with Gasteiger partial charge in [-0.05, 0) is 37.9 Å². The molecule has 0 bridgehead atoms. The monoisotopic (exact) mass is 270 g/mol. The fraction of sp³-hybridized carbons (Fsp3) is 0.462. The number of rotatable bonds is 7. The first-order valence-electron chi connectivity index (χ1n) is 6.27. The third kappa shape index (κ3) is 3.89. The van der Waals surface area contributed by atoms with Gasteiger partial charge >= 0.3 is 5.97 Å². The molecule has 1 aromatic carbocycles. The molecular weight excluding hydrogens is 254 g/mol. The molecule has 1 aliphatic carbocycles. The van der Waals surface area contributed by atoms with Crippen LogP contribution >= 0.6 is 0 Å². The normalized spacial score (nSPS) is 14.4. The van der Waals surface area contributed by atoms with Gasteiger partial charge in [0.2, 0.25) is 0 Å². The number of nitrogens with one attached hydrogen (secondary N) is 2. The van der Waals surface area contributed by atoms with Gasteiger partial charge in [0.25, 0.3) is 0 Å². The summed E-state index contributed by atoms with van der Waals surface area (Å²) in [4.78, 5) is 10.6. The van der Waals surface area contributed by atoms with Crippen LogP contribution in [0.2, 0.25) is 0 Å². The van der Waals surface area contributed by atoms with Crippen LogP contribution in [-0.2, 0) is 0 Å². The van der Waals surface area contributed by atoms with Gasteiger partial charge in [-0.25, -0.2) is 13.6 Å². The number of benzene rings is 1. The van der Waals surface area contributed by atoms with Gasteiger partial charge in [0.15, 0.2) is 0 Å². The van der Waals surface area contributed by atoms with Crippen molar-refractivity contribution in [3.63, 3.8) is 0 Å². The topological polar surface area (TPSA) is 61.4 Å². The van der Waals surface area contributed by atoms with Crippen LogP contribution < -0.4 is 10.6 Å². The smallest absolute Gasteiger partial charge is 0.335 e. The molecule has 0 atom stereocenters. The predicted molar refractivity (Wildman–Crippen MR) is 67.4 cm³/mol. The van der Waals surface area contributed by atoms with Gasteiger partial charge in [0.1, 0.15) is 17.3 Å². The summed E-state index contributed by atoms with van der Waals surface area (Å²) in [7, 11) is 0. The first-order valence-corrected chi connectivity index (χ1v) is 6.27. The number of aromatic carboxylic acids is 1. The maximum atomic E-state index is 13.5. The van der Waals surface area contributed by atoms with Crippen molar-refractivity contribution >= 4 is 11.7 Å². The third-order valence-electron chi connectivity index (χ3n) is 2.95. The quantitative estimate of drug-likeness (QED) is 0.665. The Hall–Kier alpha value is -1.69. The lowest BCUT2D eigenvalue weighted by Gasteiger charge is -2.10. The molecule has 0 spiro atoms. The zero-order chi connectivity index (χ0) is 13.8. The molecule has 0 radical (unpaired) electrons. The lowest BCUT2D eigenvalue weighted by molar-refractivity contribution is 0.0696. The Balaban J connectivity index is 1.86. The number of anilines is 1. The van der Waals surface area contributed by atoms with Crippen LogP contribution in [0.5, 0.6) is 0 Å². The minimum absolute atomic E-state index is 0.267. The highest BCUT2D eigenvalue weighted by Gasteiger charge is 2.19. The molecule has 4 nitrogen and oxygen atoms in total. The summed E-state index contributed by atoms with van der Waals surface area (Å²) in [6.45, 7) is 1.23. The zero-order valence-corrected chi connectivity index (χ0v) is 10.4. The largest absolute Gasteiger partial charge is 0.478 e. The highest BCUT2D eigenvalue weighted by atomic mass is 19.1. The Morgan fingerprint density at radius 2 is 1.89 bits per heavy atom. The standard InChI is InChI=1S/C13H16F2N2O2/c14-10-6-8(13(18)19)7-11(15)12(10)17-5-1-4-16-9-2-3-9/h6-7,9,16-17H,1-5H2,(H,18,19). The van der Waals surface area contributed by atoms with Crippen molar-refractivity contribution in [1.29, 1.82) is 0 Å². The Labute approximate surface area is 109 Å². The zero-order valence-electron chi connectivity index (χ0n) is 10.4. The van der Waals surface area contributed by atoms with Crippen LogP contribution in [0.4, 0.5) is 14.5 Å². The van der Waals surface area contributed by atoms with E-state index in [9.17, 15) is 13.6 Å². The van der Waals surface area contributed by atoms with E-state index in [2.05, 4.69) is 10.6 Å². The van der Waals surface area contributed by atoms with Gasteiger partial charge < -0.3 is 15.7 Å². The van der Waals surface area contributed by atoms with Crippen LogP contribution in [0.3, 0.4) is 0 Å². The molecule has 2 rings (SSSR count). The predicted octanol–water partition coefficient (Wildman–Crippen LogP) is 2.22. The second-order valence-corrected chi connectivity index (χ2v) is 4.63. The summed E-state index contributed by atoms with van der Waals surface area (Å²) in [6.07, 6.45) is 3.15. The van der Waals surface area contributed by atoms with Crippen molar-refractivity contribution in [3.8, 4) is 0 Å². The highest BCUT2D eigenvalue weighted by Crippen LogP contribution is 2.21. The highest BCUT2D eigenvalue weighted by molar-refractivity contribution is 5.88. The summed E-state index contributed by atoms with van der Waals surface area (Å²) in [6, 6.07) is 2.25. The molecular formula is C13H16F2N2O2. The molecule has 0 heterocycles. The summed E-state index contributed by atoms with van der Waals surface area (Å²) >= 11 is 0. The number of hydrogen-bond acceptors (Lipinski definition) is 3. The molecule has 1 saturated carbocycles. The van der Waals surface area contributed by atoms with Crippen molar-refractivity contribution in [3.05, 3.63) is 29.3 Å². The van der Waals surface area contributed by atoms with Gasteiger partial charge in [-0.2, -0.15) is 0 Å². The minimum Gasteiger partial charge on any atom is -0.478 e. The molecule has 0 saturated heterocycles. The van der Waals surface area contributed by atoms with Gasteiger partial charge in [0.05, 0.1) is 5.56 Å². The Bertz CT molecular complexity index is 453. The van der Waals surface area contributed by atoms with Crippen molar-refractivity contribution in [1.82, 2.24) is 5.32 Å². The van der Waals surface area contributed by atoms with Crippen LogP contribution in [-0.4, -0.2) is 30.2 Å². The fourth-order valence-corrected chi connectivity index (χ4v) is 1.76. The van der Waals surface area contributed by atoms with Gasteiger partial charge in [-0.15, -0.1) is 0 Å². The first kappa shape index (κ1) is 13.7.